The average Bonchev–Trinajstić information content (AvgIpc) is 2.10. The first-order valence-electron chi connectivity index (χ1n) is 3.53. The molecule has 0 heterocycles. The van der Waals surface area contributed by atoms with E-state index in [1.54, 1.807) is 0 Å². The maximum Gasteiger partial charge on any atom is 0.221 e. The minimum atomic E-state index is -1.94. The minimum Gasteiger partial charge on any atom is -0.369 e. The standard InChI is InChI=1S/C8H5F4NO/c9-4-1-3(2-5(13)14)6(10)8(12)7(4)11/h1H,2H2,(H2,13,14). The molecule has 0 spiro atoms. The SMILES string of the molecule is NC(=O)Cc1cc(F)c(F)c(F)c1F. The molecule has 0 aromatic heterocycles. The van der Waals surface area contributed by atoms with E-state index in [-0.39, 0.29) is 0 Å². The molecule has 1 amide bonds. The Morgan fingerprint density at radius 1 is 1.14 bits per heavy atom. The van der Waals surface area contributed by atoms with Crippen LogP contribution in [0.1, 0.15) is 5.56 Å². The van der Waals surface area contributed by atoms with Gasteiger partial charge in [0.2, 0.25) is 5.91 Å². The van der Waals surface area contributed by atoms with E-state index in [1.165, 1.54) is 0 Å². The van der Waals surface area contributed by atoms with Gasteiger partial charge in [-0.1, -0.05) is 0 Å². The van der Waals surface area contributed by atoms with Crippen LogP contribution in [0.2, 0.25) is 0 Å². The fourth-order valence-corrected chi connectivity index (χ4v) is 0.938. The average molecular weight is 207 g/mol. The number of rotatable bonds is 2. The van der Waals surface area contributed by atoms with Crippen molar-refractivity contribution < 1.29 is 22.4 Å². The second kappa shape index (κ2) is 3.65. The second-order valence-corrected chi connectivity index (χ2v) is 2.60. The van der Waals surface area contributed by atoms with E-state index in [9.17, 15) is 22.4 Å². The van der Waals surface area contributed by atoms with Crippen LogP contribution in [0.5, 0.6) is 0 Å². The van der Waals surface area contributed by atoms with Gasteiger partial charge >= 0.3 is 0 Å². The quantitative estimate of drug-likeness (QED) is 0.443. The Hall–Kier alpha value is -1.59. The van der Waals surface area contributed by atoms with E-state index in [0.29, 0.717) is 6.07 Å². The zero-order chi connectivity index (χ0) is 10.9. The van der Waals surface area contributed by atoms with Crippen LogP contribution in [0.15, 0.2) is 6.07 Å². The number of hydrogen-bond acceptors (Lipinski definition) is 1. The highest BCUT2D eigenvalue weighted by molar-refractivity contribution is 5.76. The van der Waals surface area contributed by atoms with Crippen LogP contribution in [0.3, 0.4) is 0 Å². The van der Waals surface area contributed by atoms with E-state index in [2.05, 4.69) is 5.73 Å². The van der Waals surface area contributed by atoms with Crippen molar-refractivity contribution in [2.75, 3.05) is 0 Å². The smallest absolute Gasteiger partial charge is 0.221 e. The fourth-order valence-electron chi connectivity index (χ4n) is 0.938. The van der Waals surface area contributed by atoms with Crippen LogP contribution in [0, 0.1) is 23.3 Å². The normalized spacial score (nSPS) is 10.3. The Bertz CT molecular complexity index is 391. The van der Waals surface area contributed by atoms with Crippen molar-refractivity contribution in [2.45, 2.75) is 6.42 Å². The lowest BCUT2D eigenvalue weighted by Gasteiger charge is -2.03. The van der Waals surface area contributed by atoms with E-state index >= 15 is 0 Å². The largest absolute Gasteiger partial charge is 0.369 e. The summed E-state index contributed by atoms with van der Waals surface area (Å²) < 4.78 is 50.3. The minimum absolute atomic E-state index is 0.401. The lowest BCUT2D eigenvalue weighted by Crippen LogP contribution is -2.16. The molecule has 0 bridgehead atoms. The summed E-state index contributed by atoms with van der Waals surface area (Å²) in [7, 11) is 0. The maximum atomic E-state index is 12.8. The van der Waals surface area contributed by atoms with E-state index < -0.39 is 41.2 Å². The predicted molar refractivity (Wildman–Crippen MR) is 39.2 cm³/mol. The summed E-state index contributed by atoms with van der Waals surface area (Å²) in [6, 6.07) is 0.401. The Kier molecular flexibility index (Phi) is 2.73. The molecular formula is C8H5F4NO. The Balaban J connectivity index is 3.25. The van der Waals surface area contributed by atoms with Crippen LogP contribution in [-0.2, 0) is 11.2 Å². The van der Waals surface area contributed by atoms with Gasteiger partial charge in [0, 0.05) is 5.56 Å². The molecule has 1 rings (SSSR count). The van der Waals surface area contributed by atoms with Gasteiger partial charge in [0.15, 0.2) is 23.3 Å². The van der Waals surface area contributed by atoms with Crippen molar-refractivity contribution in [3.8, 4) is 0 Å². The number of carbonyl (C=O) groups is 1. The molecular weight excluding hydrogens is 202 g/mol. The van der Waals surface area contributed by atoms with Gasteiger partial charge in [-0.3, -0.25) is 4.79 Å². The fraction of sp³-hybridized carbons (Fsp3) is 0.125. The summed E-state index contributed by atoms with van der Waals surface area (Å²) in [5, 5.41) is 0. The van der Waals surface area contributed by atoms with Gasteiger partial charge in [-0.15, -0.1) is 0 Å². The van der Waals surface area contributed by atoms with Crippen molar-refractivity contribution >= 4 is 5.91 Å². The zero-order valence-corrected chi connectivity index (χ0v) is 6.78. The summed E-state index contributed by atoms with van der Waals surface area (Å²) in [5.74, 6) is -7.96. The molecule has 0 atom stereocenters. The van der Waals surface area contributed by atoms with Crippen molar-refractivity contribution in [1.82, 2.24) is 0 Å². The summed E-state index contributed by atoms with van der Waals surface area (Å²) >= 11 is 0. The number of nitrogens with two attached hydrogens (primary N) is 1. The predicted octanol–water partition coefficient (Wildman–Crippen LogP) is 1.27. The number of hydrogen-bond donors (Lipinski definition) is 1. The molecule has 6 heteroatoms. The summed E-state index contributed by atoms with van der Waals surface area (Å²) in [4.78, 5) is 10.3. The molecule has 76 valence electrons. The first-order chi connectivity index (χ1) is 6.43. The molecule has 1 aromatic rings. The Morgan fingerprint density at radius 2 is 1.71 bits per heavy atom. The topological polar surface area (TPSA) is 43.1 Å². The highest BCUT2D eigenvalue weighted by Crippen LogP contribution is 2.18. The molecule has 0 saturated carbocycles. The third kappa shape index (κ3) is 1.84. The van der Waals surface area contributed by atoms with Crippen molar-refractivity contribution in [3.63, 3.8) is 0 Å². The first-order valence-corrected chi connectivity index (χ1v) is 3.53. The highest BCUT2D eigenvalue weighted by atomic mass is 19.2. The zero-order valence-electron chi connectivity index (χ0n) is 6.78. The molecule has 0 saturated heterocycles. The highest BCUT2D eigenvalue weighted by Gasteiger charge is 2.19. The third-order valence-corrected chi connectivity index (χ3v) is 1.54. The molecule has 0 aliphatic heterocycles. The summed E-state index contributed by atoms with van der Waals surface area (Å²) in [6.07, 6.45) is -0.681. The number of benzene rings is 1. The molecule has 1 aromatic carbocycles. The second-order valence-electron chi connectivity index (χ2n) is 2.60. The van der Waals surface area contributed by atoms with Gasteiger partial charge in [0.05, 0.1) is 6.42 Å². The number of halogens is 4. The number of amides is 1. The first kappa shape index (κ1) is 10.5. The van der Waals surface area contributed by atoms with Crippen LogP contribution in [0.4, 0.5) is 17.6 Å². The molecule has 14 heavy (non-hydrogen) atoms. The van der Waals surface area contributed by atoms with Gasteiger partial charge in [-0.05, 0) is 6.07 Å². The molecule has 2 N–H and O–H groups in total. The number of primary amides is 1. The Morgan fingerprint density at radius 3 is 2.21 bits per heavy atom. The summed E-state index contributed by atoms with van der Waals surface area (Å²) in [6.45, 7) is 0. The van der Waals surface area contributed by atoms with Gasteiger partial charge < -0.3 is 5.73 Å². The van der Waals surface area contributed by atoms with Gasteiger partial charge in [0.1, 0.15) is 0 Å². The van der Waals surface area contributed by atoms with Gasteiger partial charge in [0.25, 0.3) is 0 Å². The van der Waals surface area contributed by atoms with E-state index in [1.807, 2.05) is 0 Å². The van der Waals surface area contributed by atoms with Gasteiger partial charge in [-0.25, -0.2) is 17.6 Å². The lowest BCUT2D eigenvalue weighted by atomic mass is 10.1. The molecule has 0 aliphatic rings. The maximum absolute atomic E-state index is 12.8. The lowest BCUT2D eigenvalue weighted by molar-refractivity contribution is -0.117. The van der Waals surface area contributed by atoms with Crippen molar-refractivity contribution in [2.24, 2.45) is 5.73 Å². The molecule has 2 nitrogen and oxygen atoms in total. The van der Waals surface area contributed by atoms with Gasteiger partial charge in [-0.2, -0.15) is 0 Å². The van der Waals surface area contributed by atoms with E-state index in [4.69, 9.17) is 0 Å². The van der Waals surface area contributed by atoms with E-state index in [0.717, 1.165) is 0 Å². The van der Waals surface area contributed by atoms with Crippen molar-refractivity contribution in [3.05, 3.63) is 34.9 Å². The molecule has 0 aliphatic carbocycles. The van der Waals surface area contributed by atoms with Crippen molar-refractivity contribution in [1.29, 1.82) is 0 Å². The monoisotopic (exact) mass is 207 g/mol. The van der Waals surface area contributed by atoms with Crippen LogP contribution in [-0.4, -0.2) is 5.91 Å². The summed E-state index contributed by atoms with van der Waals surface area (Å²) in [5.41, 5.74) is 4.08. The molecule has 0 unspecified atom stereocenters. The number of carbonyl (C=O) groups excluding carboxylic acids is 1. The molecule has 0 radical (unpaired) electrons. The van der Waals surface area contributed by atoms with Crippen LogP contribution < -0.4 is 5.73 Å². The molecule has 0 fully saturated rings. The third-order valence-electron chi connectivity index (χ3n) is 1.54. The Labute approximate surface area is 76.3 Å². The van der Waals surface area contributed by atoms with Crippen LogP contribution >= 0.6 is 0 Å². The van der Waals surface area contributed by atoms with Crippen LogP contribution in [0.25, 0.3) is 0 Å².